The lowest BCUT2D eigenvalue weighted by Gasteiger charge is -2.25. The molecule has 2 N–H and O–H groups in total. The number of unbranched alkanes of at least 4 members (excludes halogenated alkanes) is 1. The Bertz CT molecular complexity index is 1630. The van der Waals surface area contributed by atoms with Gasteiger partial charge in [0.1, 0.15) is 6.04 Å². The molecule has 1 aromatic heterocycles. The van der Waals surface area contributed by atoms with Gasteiger partial charge in [-0.05, 0) is 59.4 Å². The van der Waals surface area contributed by atoms with Crippen LogP contribution < -0.4 is 20.3 Å². The van der Waals surface area contributed by atoms with E-state index in [1.54, 1.807) is 20.4 Å². The zero-order chi connectivity index (χ0) is 31.6. The lowest BCUT2D eigenvalue weighted by molar-refractivity contribution is -0.138. The van der Waals surface area contributed by atoms with E-state index in [-0.39, 0.29) is 17.9 Å². The number of aromatic nitrogens is 1. The first-order valence-corrected chi connectivity index (χ1v) is 14.8. The van der Waals surface area contributed by atoms with Crippen molar-refractivity contribution < 1.29 is 24.2 Å². The molecule has 3 aromatic carbocycles. The number of benzene rings is 3. The van der Waals surface area contributed by atoms with E-state index in [2.05, 4.69) is 5.32 Å². The molecule has 0 fully saturated rings. The van der Waals surface area contributed by atoms with E-state index < -0.39 is 18.1 Å². The summed E-state index contributed by atoms with van der Waals surface area (Å²) in [4.78, 5) is 39.5. The number of ether oxygens (including phenoxy) is 2. The van der Waals surface area contributed by atoms with Crippen LogP contribution in [-0.4, -0.2) is 35.8 Å². The highest BCUT2D eigenvalue weighted by Gasteiger charge is 2.26. The van der Waals surface area contributed by atoms with Crippen LogP contribution in [0.3, 0.4) is 0 Å². The smallest absolute Gasteiger partial charge is 0.305 e. The van der Waals surface area contributed by atoms with Gasteiger partial charge in [-0.3, -0.25) is 14.4 Å². The second kappa shape index (κ2) is 15.0. The number of hydrogen-bond donors (Lipinski definition) is 2. The minimum Gasteiger partial charge on any atom is -0.493 e. The van der Waals surface area contributed by atoms with Crippen LogP contribution in [0.2, 0.25) is 0 Å². The summed E-state index contributed by atoms with van der Waals surface area (Å²) in [5, 5.41) is 12.7. The number of carbonyl (C=O) groups excluding carboxylic acids is 1. The van der Waals surface area contributed by atoms with E-state index >= 15 is 0 Å². The van der Waals surface area contributed by atoms with Crippen molar-refractivity contribution in [3.8, 4) is 22.6 Å². The Morgan fingerprint density at radius 3 is 2.23 bits per heavy atom. The number of carbonyl (C=O) groups is 2. The summed E-state index contributed by atoms with van der Waals surface area (Å²) >= 11 is 0. The van der Waals surface area contributed by atoms with Crippen molar-refractivity contribution in [1.29, 1.82) is 0 Å². The third-order valence-corrected chi connectivity index (χ3v) is 7.69. The molecule has 1 heterocycles. The number of aryl methyl sites for hydroxylation is 1. The summed E-state index contributed by atoms with van der Waals surface area (Å²) in [6.07, 6.45) is 3.91. The fourth-order valence-corrected chi connectivity index (χ4v) is 5.40. The maximum atomic E-state index is 13.9. The predicted molar refractivity (Wildman–Crippen MR) is 171 cm³/mol. The van der Waals surface area contributed by atoms with E-state index in [4.69, 9.17) is 9.47 Å². The molecule has 0 aliphatic rings. The van der Waals surface area contributed by atoms with Gasteiger partial charge in [-0.25, -0.2) is 0 Å². The molecular weight excluding hydrogens is 556 g/mol. The van der Waals surface area contributed by atoms with Crippen LogP contribution in [0.15, 0.2) is 89.9 Å². The van der Waals surface area contributed by atoms with Gasteiger partial charge in [0.2, 0.25) is 5.91 Å². The fraction of sp³-hybridized carbons (Fsp3) is 0.306. The van der Waals surface area contributed by atoms with Gasteiger partial charge in [0, 0.05) is 18.2 Å². The van der Waals surface area contributed by atoms with Crippen molar-refractivity contribution in [3.05, 3.63) is 118 Å². The SMILES string of the molecule is CCCC[C@H](C(=O)N[C@@H](CC(=O)O)c1ccc(-c2ccc(OC)c(OC)c2)cc1)n1cc(C)cc(Cc2ccccc2)c1=O. The molecule has 1 amide bonds. The highest BCUT2D eigenvalue weighted by atomic mass is 16.5. The molecule has 0 spiro atoms. The zero-order valence-corrected chi connectivity index (χ0v) is 25.7. The molecule has 44 heavy (non-hydrogen) atoms. The molecule has 4 rings (SSSR count). The number of hydrogen-bond acceptors (Lipinski definition) is 5. The Labute approximate surface area is 258 Å². The first-order valence-electron chi connectivity index (χ1n) is 14.8. The quantitative estimate of drug-likeness (QED) is 0.172. The highest BCUT2D eigenvalue weighted by molar-refractivity contribution is 5.81. The van der Waals surface area contributed by atoms with Crippen LogP contribution >= 0.6 is 0 Å². The van der Waals surface area contributed by atoms with Gasteiger partial charge >= 0.3 is 5.97 Å². The van der Waals surface area contributed by atoms with E-state index in [9.17, 15) is 19.5 Å². The third kappa shape index (κ3) is 7.95. The number of aliphatic carboxylic acids is 1. The lowest BCUT2D eigenvalue weighted by Crippen LogP contribution is -2.40. The Morgan fingerprint density at radius 2 is 1.59 bits per heavy atom. The predicted octanol–water partition coefficient (Wildman–Crippen LogP) is 6.50. The summed E-state index contributed by atoms with van der Waals surface area (Å²) in [6, 6.07) is 23.1. The number of nitrogens with zero attached hydrogens (tertiary/aromatic N) is 1. The Hall–Kier alpha value is -4.85. The Balaban J connectivity index is 1.63. The number of methoxy groups -OCH3 is 2. The minimum absolute atomic E-state index is 0.218. The molecule has 0 unspecified atom stereocenters. The lowest BCUT2D eigenvalue weighted by atomic mass is 9.98. The van der Waals surface area contributed by atoms with Crippen molar-refractivity contribution in [1.82, 2.24) is 9.88 Å². The topological polar surface area (TPSA) is 107 Å². The fourth-order valence-electron chi connectivity index (χ4n) is 5.40. The maximum absolute atomic E-state index is 13.9. The van der Waals surface area contributed by atoms with Crippen molar-refractivity contribution >= 4 is 11.9 Å². The second-order valence-corrected chi connectivity index (χ2v) is 10.9. The Kier molecular flexibility index (Phi) is 11.0. The number of carboxylic acid groups (broad SMARTS) is 1. The van der Waals surface area contributed by atoms with Gasteiger partial charge < -0.3 is 24.5 Å². The van der Waals surface area contributed by atoms with Crippen LogP contribution in [0.1, 0.15) is 66.9 Å². The highest BCUT2D eigenvalue weighted by Crippen LogP contribution is 2.33. The van der Waals surface area contributed by atoms with Crippen LogP contribution in [0.4, 0.5) is 0 Å². The average molecular weight is 597 g/mol. The van der Waals surface area contributed by atoms with Crippen LogP contribution in [-0.2, 0) is 16.0 Å². The molecule has 0 bridgehead atoms. The molecule has 0 aliphatic heterocycles. The number of carboxylic acids is 1. The summed E-state index contributed by atoms with van der Waals surface area (Å²) in [7, 11) is 3.15. The number of rotatable bonds is 14. The maximum Gasteiger partial charge on any atom is 0.305 e. The summed E-state index contributed by atoms with van der Waals surface area (Å²) in [6.45, 7) is 3.94. The standard InChI is InChI=1S/C36H40N2O6/c1-5-6-12-31(38-23-24(2)19-29(36(38)42)20-25-10-8-7-9-11-25)35(41)37-30(22-34(39)40)27-15-13-26(14-16-27)28-17-18-32(43-3)33(21-28)44-4/h7-11,13-19,21,23,30-31H,5-6,12,20,22H2,1-4H3,(H,37,41)(H,39,40)/t30-,31+/m0/s1. The molecule has 8 nitrogen and oxygen atoms in total. The largest absolute Gasteiger partial charge is 0.493 e. The number of pyridine rings is 1. The van der Waals surface area contributed by atoms with Gasteiger partial charge in [-0.2, -0.15) is 0 Å². The number of nitrogens with one attached hydrogen (secondary N) is 1. The average Bonchev–Trinajstić information content (AvgIpc) is 3.03. The minimum atomic E-state index is -1.04. The molecule has 0 saturated carbocycles. The third-order valence-electron chi connectivity index (χ3n) is 7.69. The Morgan fingerprint density at radius 1 is 0.909 bits per heavy atom. The molecule has 230 valence electrons. The summed E-state index contributed by atoms with van der Waals surface area (Å²) in [5.74, 6) is -0.203. The molecule has 8 heteroatoms. The van der Waals surface area contributed by atoms with Crippen LogP contribution in [0, 0.1) is 6.92 Å². The van der Waals surface area contributed by atoms with Gasteiger partial charge in [-0.15, -0.1) is 0 Å². The van der Waals surface area contributed by atoms with Crippen LogP contribution in [0.25, 0.3) is 11.1 Å². The van der Waals surface area contributed by atoms with Crippen molar-refractivity contribution in [3.63, 3.8) is 0 Å². The van der Waals surface area contributed by atoms with Crippen molar-refractivity contribution in [2.45, 2.75) is 58.0 Å². The monoisotopic (exact) mass is 596 g/mol. The molecular formula is C36H40N2O6. The van der Waals surface area contributed by atoms with Crippen LogP contribution in [0.5, 0.6) is 11.5 Å². The zero-order valence-electron chi connectivity index (χ0n) is 25.7. The van der Waals surface area contributed by atoms with E-state index in [1.807, 2.05) is 92.7 Å². The van der Waals surface area contributed by atoms with Gasteiger partial charge in [-0.1, -0.05) is 80.4 Å². The van der Waals surface area contributed by atoms with Crippen molar-refractivity contribution in [2.75, 3.05) is 14.2 Å². The second-order valence-electron chi connectivity index (χ2n) is 10.9. The molecule has 0 radical (unpaired) electrons. The molecule has 2 atom stereocenters. The molecule has 0 saturated heterocycles. The first-order chi connectivity index (χ1) is 21.2. The van der Waals surface area contributed by atoms with E-state index in [0.29, 0.717) is 35.5 Å². The van der Waals surface area contributed by atoms with Gasteiger partial charge in [0.15, 0.2) is 11.5 Å². The summed E-state index contributed by atoms with van der Waals surface area (Å²) < 4.78 is 12.3. The van der Waals surface area contributed by atoms with E-state index in [0.717, 1.165) is 35.1 Å². The molecule has 0 aliphatic carbocycles. The van der Waals surface area contributed by atoms with Gasteiger partial charge in [0.05, 0.1) is 26.7 Å². The normalized spacial score (nSPS) is 12.3. The molecule has 4 aromatic rings. The first kappa shape index (κ1) is 32.1. The number of amides is 1. The summed E-state index contributed by atoms with van der Waals surface area (Å²) in [5.41, 5.74) is 4.72. The van der Waals surface area contributed by atoms with Crippen molar-refractivity contribution in [2.24, 2.45) is 0 Å². The van der Waals surface area contributed by atoms with Gasteiger partial charge in [0.25, 0.3) is 5.56 Å². The van der Waals surface area contributed by atoms with E-state index in [1.165, 1.54) is 4.57 Å².